The van der Waals surface area contributed by atoms with Crippen molar-refractivity contribution in [3.8, 4) is 5.75 Å². The predicted molar refractivity (Wildman–Crippen MR) is 77.6 cm³/mol. The van der Waals surface area contributed by atoms with E-state index < -0.39 is 11.6 Å². The summed E-state index contributed by atoms with van der Waals surface area (Å²) in [6, 6.07) is 7.53. The van der Waals surface area contributed by atoms with Gasteiger partial charge in [0.25, 0.3) is 0 Å². The molecule has 0 bridgehead atoms. The molecule has 1 heterocycles. The number of rotatable bonds is 2. The minimum absolute atomic E-state index is 0.0409. The highest BCUT2D eigenvalue weighted by Crippen LogP contribution is 2.34. The van der Waals surface area contributed by atoms with E-state index in [1.165, 1.54) is 18.2 Å². The van der Waals surface area contributed by atoms with Crippen LogP contribution in [0.4, 0.5) is 10.1 Å². The second kappa shape index (κ2) is 4.90. The Morgan fingerprint density at radius 2 is 2.05 bits per heavy atom. The van der Waals surface area contributed by atoms with Gasteiger partial charge in [-0.05, 0) is 35.9 Å². The summed E-state index contributed by atoms with van der Waals surface area (Å²) in [6.45, 7) is 0.533. The molecule has 3 rings (SSSR count). The van der Waals surface area contributed by atoms with Crippen LogP contribution >= 0.6 is 15.9 Å². The Labute approximate surface area is 123 Å². The monoisotopic (exact) mass is 335 g/mol. The lowest BCUT2D eigenvalue weighted by molar-refractivity contribution is 0.103. The summed E-state index contributed by atoms with van der Waals surface area (Å²) in [4.78, 5) is 12.5. The minimum atomic E-state index is -0.587. The normalized spacial score (nSPS) is 12.9. The highest BCUT2D eigenvalue weighted by Gasteiger charge is 2.24. The second-order valence-electron chi connectivity index (χ2n) is 4.61. The number of anilines is 1. The van der Waals surface area contributed by atoms with Gasteiger partial charge < -0.3 is 10.5 Å². The number of nitrogens with two attached hydrogens (primary N) is 1. The Hall–Kier alpha value is -1.88. The van der Waals surface area contributed by atoms with Gasteiger partial charge in [-0.1, -0.05) is 15.9 Å². The van der Waals surface area contributed by atoms with Gasteiger partial charge in [-0.2, -0.15) is 0 Å². The van der Waals surface area contributed by atoms with Gasteiger partial charge in [0, 0.05) is 16.6 Å². The number of carbonyl (C=O) groups is 1. The van der Waals surface area contributed by atoms with E-state index in [0.29, 0.717) is 23.6 Å². The fraction of sp³-hybridized carbons (Fsp3) is 0.133. The first-order chi connectivity index (χ1) is 9.56. The van der Waals surface area contributed by atoms with E-state index in [0.717, 1.165) is 16.5 Å². The van der Waals surface area contributed by atoms with Crippen LogP contribution in [-0.4, -0.2) is 12.4 Å². The highest BCUT2D eigenvalue weighted by molar-refractivity contribution is 9.10. The van der Waals surface area contributed by atoms with E-state index in [2.05, 4.69) is 15.9 Å². The highest BCUT2D eigenvalue weighted by atomic mass is 79.9. The molecule has 102 valence electrons. The smallest absolute Gasteiger partial charge is 0.199 e. The third-order valence-corrected chi connectivity index (χ3v) is 3.69. The van der Waals surface area contributed by atoms with Crippen LogP contribution in [0.5, 0.6) is 5.75 Å². The Bertz CT molecular complexity index is 715. The number of halogens is 2. The number of benzene rings is 2. The molecular formula is C15H11BrFNO2. The summed E-state index contributed by atoms with van der Waals surface area (Å²) in [5.41, 5.74) is 7.24. The van der Waals surface area contributed by atoms with E-state index in [-0.39, 0.29) is 5.56 Å². The summed E-state index contributed by atoms with van der Waals surface area (Å²) < 4.78 is 20.1. The van der Waals surface area contributed by atoms with Crippen LogP contribution in [-0.2, 0) is 6.42 Å². The maximum atomic E-state index is 13.8. The average Bonchev–Trinajstić information content (AvgIpc) is 2.87. The molecule has 2 N–H and O–H groups in total. The van der Waals surface area contributed by atoms with Gasteiger partial charge in [0.05, 0.1) is 17.7 Å². The predicted octanol–water partition coefficient (Wildman–Crippen LogP) is 3.34. The zero-order chi connectivity index (χ0) is 14.3. The lowest BCUT2D eigenvalue weighted by Crippen LogP contribution is -2.07. The van der Waals surface area contributed by atoms with Crippen molar-refractivity contribution >= 4 is 27.4 Å². The maximum Gasteiger partial charge on any atom is 0.199 e. The van der Waals surface area contributed by atoms with E-state index in [1.807, 2.05) is 6.07 Å². The average molecular weight is 336 g/mol. The number of hydrogen-bond acceptors (Lipinski definition) is 3. The molecule has 2 aromatic rings. The van der Waals surface area contributed by atoms with Crippen LogP contribution in [0.15, 0.2) is 34.8 Å². The zero-order valence-corrected chi connectivity index (χ0v) is 12.0. The van der Waals surface area contributed by atoms with Crippen LogP contribution in [0.2, 0.25) is 0 Å². The first-order valence-corrected chi connectivity index (χ1v) is 6.90. The van der Waals surface area contributed by atoms with Crippen LogP contribution in [0.25, 0.3) is 0 Å². The Kier molecular flexibility index (Phi) is 3.22. The fourth-order valence-electron chi connectivity index (χ4n) is 2.30. The summed E-state index contributed by atoms with van der Waals surface area (Å²) in [6.07, 6.45) is 0.745. The van der Waals surface area contributed by atoms with E-state index in [1.54, 1.807) is 6.07 Å². The van der Waals surface area contributed by atoms with Crippen molar-refractivity contribution in [3.05, 3.63) is 57.3 Å². The number of carbonyl (C=O) groups excluding carboxylic acids is 1. The minimum Gasteiger partial charge on any atom is -0.492 e. The van der Waals surface area contributed by atoms with E-state index in [9.17, 15) is 9.18 Å². The van der Waals surface area contributed by atoms with Gasteiger partial charge in [0.15, 0.2) is 5.78 Å². The van der Waals surface area contributed by atoms with Gasteiger partial charge in [-0.3, -0.25) is 4.79 Å². The maximum absolute atomic E-state index is 13.8. The molecule has 0 aromatic heterocycles. The molecular weight excluding hydrogens is 325 g/mol. The van der Waals surface area contributed by atoms with Crippen molar-refractivity contribution in [2.75, 3.05) is 12.3 Å². The molecule has 0 aliphatic carbocycles. The Morgan fingerprint density at radius 3 is 2.85 bits per heavy atom. The molecule has 2 aromatic carbocycles. The van der Waals surface area contributed by atoms with Crippen LogP contribution in [0.1, 0.15) is 21.5 Å². The van der Waals surface area contributed by atoms with Crippen LogP contribution < -0.4 is 10.5 Å². The largest absolute Gasteiger partial charge is 0.492 e. The molecule has 0 saturated carbocycles. The summed E-state index contributed by atoms with van der Waals surface area (Å²) in [7, 11) is 0. The van der Waals surface area contributed by atoms with Crippen molar-refractivity contribution in [2.45, 2.75) is 6.42 Å². The third kappa shape index (κ3) is 2.18. The molecule has 5 heteroatoms. The molecule has 0 radical (unpaired) electrons. The first-order valence-electron chi connectivity index (χ1n) is 6.11. The molecule has 0 fully saturated rings. The van der Waals surface area contributed by atoms with Crippen LogP contribution in [0, 0.1) is 5.82 Å². The van der Waals surface area contributed by atoms with Gasteiger partial charge >= 0.3 is 0 Å². The number of hydrogen-bond donors (Lipinski definition) is 1. The second-order valence-corrected chi connectivity index (χ2v) is 5.52. The third-order valence-electron chi connectivity index (χ3n) is 3.23. The summed E-state index contributed by atoms with van der Waals surface area (Å²) >= 11 is 3.36. The number of nitrogen functional groups attached to an aromatic ring is 1. The molecule has 0 saturated heterocycles. The van der Waals surface area contributed by atoms with Crippen molar-refractivity contribution in [1.82, 2.24) is 0 Å². The van der Waals surface area contributed by atoms with Crippen molar-refractivity contribution in [2.24, 2.45) is 0 Å². The number of ether oxygens (including phenoxy) is 1. The van der Waals surface area contributed by atoms with Crippen molar-refractivity contribution < 1.29 is 13.9 Å². The lowest BCUT2D eigenvalue weighted by atomic mass is 9.99. The first kappa shape index (κ1) is 13.1. The molecule has 3 nitrogen and oxygen atoms in total. The molecule has 0 unspecified atom stereocenters. The Balaban J connectivity index is 2.14. The van der Waals surface area contributed by atoms with Gasteiger partial charge in [0.2, 0.25) is 0 Å². The molecule has 1 aliphatic rings. The topological polar surface area (TPSA) is 52.3 Å². The standard InChI is InChI=1S/C15H11BrFNO2/c16-9-5-8-3-4-20-15(8)12(6-9)14(19)11-7-10(18)1-2-13(11)17/h1-2,5-7H,3-4,18H2. The zero-order valence-electron chi connectivity index (χ0n) is 10.5. The molecule has 0 amide bonds. The number of fused-ring (bicyclic) bond motifs is 1. The molecule has 1 aliphatic heterocycles. The van der Waals surface area contributed by atoms with E-state index >= 15 is 0 Å². The lowest BCUT2D eigenvalue weighted by Gasteiger charge is -2.09. The summed E-state index contributed by atoms with van der Waals surface area (Å²) in [5.74, 6) is -0.467. The summed E-state index contributed by atoms with van der Waals surface area (Å²) in [5, 5.41) is 0. The van der Waals surface area contributed by atoms with E-state index in [4.69, 9.17) is 10.5 Å². The molecule has 0 atom stereocenters. The van der Waals surface area contributed by atoms with Gasteiger partial charge in [0.1, 0.15) is 11.6 Å². The Morgan fingerprint density at radius 1 is 1.25 bits per heavy atom. The molecule has 0 spiro atoms. The SMILES string of the molecule is Nc1ccc(F)c(C(=O)c2cc(Br)cc3c2OCC3)c1. The van der Waals surface area contributed by atoms with Crippen molar-refractivity contribution in [1.29, 1.82) is 0 Å². The van der Waals surface area contributed by atoms with Gasteiger partial charge in [-0.15, -0.1) is 0 Å². The quantitative estimate of drug-likeness (QED) is 0.676. The van der Waals surface area contributed by atoms with Crippen molar-refractivity contribution in [3.63, 3.8) is 0 Å². The van der Waals surface area contributed by atoms with Gasteiger partial charge in [-0.25, -0.2) is 4.39 Å². The van der Waals surface area contributed by atoms with Crippen LogP contribution in [0.3, 0.4) is 0 Å². The number of ketones is 1. The fourth-order valence-corrected chi connectivity index (χ4v) is 2.81. The molecule has 20 heavy (non-hydrogen) atoms.